The fraction of sp³-hybridized carbons (Fsp3) is 0.273. The van der Waals surface area contributed by atoms with Crippen molar-refractivity contribution in [2.45, 2.75) is 6.92 Å². The summed E-state index contributed by atoms with van der Waals surface area (Å²) in [7, 11) is -3.78. The molecule has 0 aliphatic carbocycles. The van der Waals surface area contributed by atoms with Gasteiger partial charge < -0.3 is 0 Å². The molecule has 0 aromatic heterocycles. The summed E-state index contributed by atoms with van der Waals surface area (Å²) in [4.78, 5) is 14.9. The molecule has 0 saturated heterocycles. The minimum atomic E-state index is -3.78. The van der Waals surface area contributed by atoms with Crippen molar-refractivity contribution in [3.8, 4) is 0 Å². The van der Waals surface area contributed by atoms with Gasteiger partial charge in [0.15, 0.2) is 0 Å². The SMILES string of the molecule is CCOC(=O)C(=[N+]=N)I(OS(C)(=O)=O)c1ccccc1. The molecule has 110 valence electrons. The molecule has 0 aliphatic heterocycles. The number of hydrogen-bond acceptors (Lipinski definition) is 6. The van der Waals surface area contributed by atoms with E-state index in [1.54, 1.807) is 37.3 Å². The number of nitrogens with one attached hydrogen (secondary N) is 1. The van der Waals surface area contributed by atoms with Crippen LogP contribution in [0.25, 0.3) is 0 Å². The van der Waals surface area contributed by atoms with Gasteiger partial charge in [-0.3, -0.25) is 0 Å². The van der Waals surface area contributed by atoms with Crippen LogP contribution in [0.5, 0.6) is 0 Å². The first-order chi connectivity index (χ1) is 9.39. The van der Waals surface area contributed by atoms with Gasteiger partial charge in [-0.05, 0) is 0 Å². The maximum absolute atomic E-state index is 11.8. The Hall–Kier alpha value is -1.29. The van der Waals surface area contributed by atoms with Crippen LogP contribution in [-0.4, -0.2) is 35.8 Å². The summed E-state index contributed by atoms with van der Waals surface area (Å²) in [5.74, 6) is -0.819. The van der Waals surface area contributed by atoms with Gasteiger partial charge in [-0.15, -0.1) is 0 Å². The Morgan fingerprint density at radius 3 is 2.40 bits per heavy atom. The zero-order valence-corrected chi connectivity index (χ0v) is 13.8. The topological polar surface area (TPSA) is 108 Å². The zero-order valence-electron chi connectivity index (χ0n) is 10.9. The van der Waals surface area contributed by atoms with Crippen LogP contribution in [0.3, 0.4) is 0 Å². The summed E-state index contributed by atoms with van der Waals surface area (Å²) in [6.07, 6.45) is 0.896. The Balaban J connectivity index is 3.23. The van der Waals surface area contributed by atoms with Crippen LogP contribution in [-0.2, 0) is 22.2 Å². The van der Waals surface area contributed by atoms with Crippen molar-refractivity contribution >= 4 is 40.0 Å². The molecule has 0 bridgehead atoms. The minimum absolute atomic E-state index is 0.107. The van der Waals surface area contributed by atoms with E-state index in [1.807, 2.05) is 0 Å². The second kappa shape index (κ2) is 7.48. The van der Waals surface area contributed by atoms with Crippen LogP contribution in [0, 0.1) is 9.10 Å². The van der Waals surface area contributed by atoms with Gasteiger partial charge in [0.05, 0.1) is 0 Å². The van der Waals surface area contributed by atoms with Crippen molar-refractivity contribution < 1.29 is 25.3 Å². The number of halogens is 1. The van der Waals surface area contributed by atoms with Crippen molar-refractivity contribution in [2.24, 2.45) is 0 Å². The average molecular weight is 413 g/mol. The van der Waals surface area contributed by atoms with Crippen LogP contribution in [0.2, 0.25) is 0 Å². The van der Waals surface area contributed by atoms with Crippen molar-refractivity contribution in [3.63, 3.8) is 0 Å². The molecule has 20 heavy (non-hydrogen) atoms. The van der Waals surface area contributed by atoms with E-state index >= 15 is 0 Å². The molecule has 1 N–H and O–H groups in total. The number of nitrogens with zero attached hydrogens (tertiary/aromatic N) is 1. The van der Waals surface area contributed by atoms with Crippen LogP contribution in [0.1, 0.15) is 6.92 Å². The number of benzene rings is 1. The zero-order chi connectivity index (χ0) is 15.2. The summed E-state index contributed by atoms with van der Waals surface area (Å²) in [5.41, 5.74) is 7.11. The molecule has 9 heteroatoms. The molecule has 0 radical (unpaired) electrons. The van der Waals surface area contributed by atoms with Gasteiger partial charge in [0.1, 0.15) is 0 Å². The number of rotatable bonds is 6. The maximum atomic E-state index is 11.8. The van der Waals surface area contributed by atoms with E-state index in [0.717, 1.165) is 6.26 Å². The fourth-order valence-corrected chi connectivity index (χ4v) is 7.05. The van der Waals surface area contributed by atoms with Gasteiger partial charge >= 0.3 is 125 Å². The van der Waals surface area contributed by atoms with Gasteiger partial charge in [-0.25, -0.2) is 0 Å². The summed E-state index contributed by atoms with van der Waals surface area (Å²) in [6, 6.07) is 8.41. The fourth-order valence-electron chi connectivity index (χ4n) is 1.16. The first-order valence-corrected chi connectivity index (χ1v) is 10.3. The molecule has 1 rings (SSSR count). The standard InChI is InChI=1S/C11H14IN2O5S/c1-3-18-11(15)10(14-13)12(19-20(2,16)17)9-7-5-4-6-8-9/h4-8,13H,3H2,1-2H3/q+1. The van der Waals surface area contributed by atoms with Gasteiger partial charge in [-0.2, -0.15) is 0 Å². The van der Waals surface area contributed by atoms with E-state index in [1.165, 1.54) is 0 Å². The number of ether oxygens (including phenoxy) is 1. The third-order valence-electron chi connectivity index (χ3n) is 1.81. The van der Waals surface area contributed by atoms with E-state index in [-0.39, 0.29) is 10.3 Å². The van der Waals surface area contributed by atoms with Gasteiger partial charge in [-0.1, -0.05) is 0 Å². The molecule has 7 nitrogen and oxygen atoms in total. The molecule has 0 saturated carbocycles. The molecular formula is C11H14IN2O5S+. The number of esters is 1. The van der Waals surface area contributed by atoms with Crippen LogP contribution in [0.15, 0.2) is 30.3 Å². The molecule has 0 spiro atoms. The van der Waals surface area contributed by atoms with E-state index < -0.39 is 36.3 Å². The van der Waals surface area contributed by atoms with E-state index in [9.17, 15) is 13.2 Å². The third-order valence-corrected chi connectivity index (χ3v) is 8.67. The monoisotopic (exact) mass is 413 g/mol. The quantitative estimate of drug-likeness (QED) is 0.250. The average Bonchev–Trinajstić information content (AvgIpc) is 2.38. The Morgan fingerprint density at radius 1 is 1.35 bits per heavy atom. The Kier molecular flexibility index (Phi) is 6.27. The normalized spacial score (nSPS) is 11.4. The van der Waals surface area contributed by atoms with Crippen LogP contribution < -0.4 is 0 Å². The Labute approximate surface area is 124 Å². The number of hydrogen-bond donors (Lipinski definition) is 1. The molecule has 0 atom stereocenters. The summed E-state index contributed by atoms with van der Waals surface area (Å²) in [5, 5.41) is 0. The van der Waals surface area contributed by atoms with Crippen LogP contribution in [0.4, 0.5) is 0 Å². The molecule has 1 aromatic rings. The predicted molar refractivity (Wildman–Crippen MR) is 79.7 cm³/mol. The number of carbonyl (C=O) groups excluding carboxylic acids is 1. The molecule has 0 aliphatic rings. The first kappa shape index (κ1) is 16.8. The van der Waals surface area contributed by atoms with E-state index in [2.05, 4.69) is 4.79 Å². The van der Waals surface area contributed by atoms with Gasteiger partial charge in [0.25, 0.3) is 0 Å². The molecule has 0 unspecified atom stereocenters. The number of carbonyl (C=O) groups is 1. The molecule has 0 fully saturated rings. The van der Waals surface area contributed by atoms with Gasteiger partial charge in [0, 0.05) is 0 Å². The second-order valence-corrected chi connectivity index (χ2v) is 9.74. The summed E-state index contributed by atoms with van der Waals surface area (Å²) < 4.78 is 32.8. The Bertz CT molecular complexity index is 625. The third kappa shape index (κ3) is 5.00. The molecule has 1 aromatic carbocycles. The summed E-state index contributed by atoms with van der Waals surface area (Å²) >= 11 is -3.13. The second-order valence-electron chi connectivity index (χ2n) is 3.43. The molecule has 0 heterocycles. The van der Waals surface area contributed by atoms with Crippen molar-refractivity contribution in [2.75, 3.05) is 12.9 Å². The van der Waals surface area contributed by atoms with E-state index in [0.29, 0.717) is 3.57 Å². The first-order valence-electron chi connectivity index (χ1n) is 5.45. The van der Waals surface area contributed by atoms with Gasteiger partial charge in [0.2, 0.25) is 0 Å². The Morgan fingerprint density at radius 2 is 1.95 bits per heavy atom. The van der Waals surface area contributed by atoms with Crippen molar-refractivity contribution in [3.05, 3.63) is 33.9 Å². The molecular weight excluding hydrogens is 399 g/mol. The van der Waals surface area contributed by atoms with Crippen molar-refractivity contribution in [1.29, 1.82) is 5.53 Å². The van der Waals surface area contributed by atoms with E-state index in [4.69, 9.17) is 12.8 Å². The van der Waals surface area contributed by atoms with Crippen molar-refractivity contribution in [1.82, 2.24) is 0 Å². The predicted octanol–water partition coefficient (Wildman–Crippen LogP) is 1.45. The molecule has 0 amide bonds. The van der Waals surface area contributed by atoms with Crippen LogP contribution >= 0.6 is 20.2 Å². The summed E-state index contributed by atoms with van der Waals surface area (Å²) in [6.45, 7) is 1.72.